The lowest BCUT2D eigenvalue weighted by molar-refractivity contribution is -0.394. The van der Waals surface area contributed by atoms with Crippen LogP contribution in [0.4, 0.5) is 45.5 Å². The number of methoxy groups -OCH3 is 2. The van der Waals surface area contributed by atoms with Crippen LogP contribution in [0.3, 0.4) is 0 Å². The van der Waals surface area contributed by atoms with Crippen LogP contribution >= 0.6 is 0 Å². The smallest absolute Gasteiger partial charge is 0.338 e. The summed E-state index contributed by atoms with van der Waals surface area (Å²) in [4.78, 5) is 56.7. The second-order valence-electron chi connectivity index (χ2n) is 9.26. The Morgan fingerprint density at radius 2 is 1.13 bits per heavy atom. The fourth-order valence-electron chi connectivity index (χ4n) is 4.43. The van der Waals surface area contributed by atoms with E-state index in [4.69, 9.17) is 18.9 Å². The van der Waals surface area contributed by atoms with Crippen molar-refractivity contribution in [2.75, 3.05) is 24.9 Å². The lowest BCUT2D eigenvalue weighted by atomic mass is 10.1. The molecule has 46 heavy (non-hydrogen) atoms. The van der Waals surface area contributed by atoms with Crippen molar-refractivity contribution in [1.29, 1.82) is 0 Å². The molecule has 0 aromatic heterocycles. The number of esters is 1. The quantitative estimate of drug-likeness (QED) is 0.115. The molecule has 234 valence electrons. The van der Waals surface area contributed by atoms with E-state index in [1.807, 2.05) is 0 Å². The van der Waals surface area contributed by atoms with E-state index in [9.17, 15) is 45.3 Å². The molecule has 19 nitrogen and oxygen atoms in total. The summed E-state index contributed by atoms with van der Waals surface area (Å²) in [5.74, 6) is -2.34. The molecule has 2 N–H and O–H groups in total. The number of fused-ring (bicyclic) bond motifs is 8. The van der Waals surface area contributed by atoms with Gasteiger partial charge in [0.05, 0.1) is 45.2 Å². The van der Waals surface area contributed by atoms with Gasteiger partial charge in [-0.2, -0.15) is 0 Å². The Morgan fingerprint density at radius 3 is 1.59 bits per heavy atom. The van der Waals surface area contributed by atoms with Crippen molar-refractivity contribution in [2.45, 2.75) is 0 Å². The van der Waals surface area contributed by atoms with Gasteiger partial charge in [-0.15, -0.1) is 0 Å². The first-order valence-corrected chi connectivity index (χ1v) is 12.6. The minimum absolute atomic E-state index is 0.0681. The maximum absolute atomic E-state index is 12.5. The lowest BCUT2D eigenvalue weighted by Crippen LogP contribution is -2.05. The number of hydrogen-bond donors (Lipinski definition) is 2. The molecular weight excluding hydrogens is 616 g/mol. The van der Waals surface area contributed by atoms with E-state index < -0.39 is 59.9 Å². The van der Waals surface area contributed by atoms with E-state index in [0.29, 0.717) is 12.1 Å². The van der Waals surface area contributed by atoms with E-state index in [2.05, 4.69) is 10.6 Å². The number of rotatable bonds is 6. The largest absolute Gasteiger partial charge is 0.495 e. The number of anilines is 4. The van der Waals surface area contributed by atoms with Crippen molar-refractivity contribution < 1.29 is 43.4 Å². The Bertz CT molecular complexity index is 1980. The highest BCUT2D eigenvalue weighted by Gasteiger charge is 2.30. The van der Waals surface area contributed by atoms with Gasteiger partial charge in [0.1, 0.15) is 40.8 Å². The molecule has 1 aliphatic heterocycles. The SMILES string of the molecule is COC(=O)c1cc2cc(c1)Oc1cc(c([N+](=O)[O-])cc1[N+](=O)[O-])Nc1cc(ccc1OC)Nc1cc(c([N+](=O)[O-])cc1[N+](=O)[O-])O2. The van der Waals surface area contributed by atoms with Gasteiger partial charge in [0.15, 0.2) is 0 Å². The standard InChI is InChI=1S/C27H18N6O13/c1-43-24-4-3-14-7-19(24)29-18-10-26(23(33(41)42)12-21(18)31(37)38)46-16-6-13(27(34)44-2)5-15(8-16)45-25-9-17(28-14)20(30(35)36)11-22(25)32(39)40/h3-12,28-29H,1-2H3. The summed E-state index contributed by atoms with van der Waals surface area (Å²) in [6, 6.07) is 10.8. The van der Waals surface area contributed by atoms with Crippen molar-refractivity contribution in [2.24, 2.45) is 0 Å². The van der Waals surface area contributed by atoms with Crippen molar-refractivity contribution in [3.8, 4) is 28.7 Å². The van der Waals surface area contributed by atoms with Gasteiger partial charge in [-0.25, -0.2) is 4.79 Å². The second kappa shape index (κ2) is 11.9. The zero-order chi connectivity index (χ0) is 33.3. The Hall–Kier alpha value is -7.05. The highest BCUT2D eigenvalue weighted by atomic mass is 16.6. The molecule has 0 saturated carbocycles. The number of carbonyl (C=O) groups is 1. The highest BCUT2D eigenvalue weighted by Crippen LogP contribution is 2.45. The Morgan fingerprint density at radius 1 is 0.630 bits per heavy atom. The van der Waals surface area contributed by atoms with Gasteiger partial charge < -0.3 is 29.6 Å². The molecule has 0 fully saturated rings. The Kier molecular flexibility index (Phi) is 7.88. The molecular formula is C27H18N6O13. The Balaban J connectivity index is 1.84. The van der Waals surface area contributed by atoms with Crippen molar-refractivity contribution in [1.82, 2.24) is 0 Å². The van der Waals surface area contributed by atoms with Gasteiger partial charge in [0, 0.05) is 23.9 Å². The maximum atomic E-state index is 12.5. The molecule has 0 saturated heterocycles. The van der Waals surface area contributed by atoms with Crippen LogP contribution in [0.15, 0.2) is 60.7 Å². The third kappa shape index (κ3) is 5.90. The Labute approximate surface area is 255 Å². The topological polar surface area (TPSA) is 251 Å². The van der Waals surface area contributed by atoms with Crippen LogP contribution in [0.1, 0.15) is 10.4 Å². The molecule has 1 heterocycles. The van der Waals surface area contributed by atoms with Crippen LogP contribution in [0, 0.1) is 40.5 Å². The number of hydrogen-bond acceptors (Lipinski definition) is 15. The summed E-state index contributed by atoms with van der Waals surface area (Å²) in [6.45, 7) is 0. The molecule has 19 heteroatoms. The minimum atomic E-state index is -0.920. The average molecular weight is 634 g/mol. The predicted molar refractivity (Wildman–Crippen MR) is 157 cm³/mol. The minimum Gasteiger partial charge on any atom is -0.495 e. The molecule has 5 rings (SSSR count). The fourth-order valence-corrected chi connectivity index (χ4v) is 4.43. The van der Waals surface area contributed by atoms with Crippen molar-refractivity contribution in [3.05, 3.63) is 107 Å². The molecule has 0 radical (unpaired) electrons. The lowest BCUT2D eigenvalue weighted by Gasteiger charge is -2.17. The van der Waals surface area contributed by atoms with E-state index in [0.717, 1.165) is 37.4 Å². The molecule has 0 aliphatic carbocycles. The van der Waals surface area contributed by atoms with Crippen LogP contribution in [0.25, 0.3) is 0 Å². The highest BCUT2D eigenvalue weighted by molar-refractivity contribution is 5.90. The van der Waals surface area contributed by atoms with Crippen molar-refractivity contribution in [3.63, 3.8) is 0 Å². The van der Waals surface area contributed by atoms with Crippen LogP contribution in [0.5, 0.6) is 28.7 Å². The van der Waals surface area contributed by atoms with Gasteiger partial charge in [-0.05, 0) is 30.3 Å². The van der Waals surface area contributed by atoms with Gasteiger partial charge in [0.2, 0.25) is 11.5 Å². The fraction of sp³-hybridized carbons (Fsp3) is 0.0741. The van der Waals surface area contributed by atoms with Gasteiger partial charge >= 0.3 is 17.3 Å². The van der Waals surface area contributed by atoms with Gasteiger partial charge in [-0.1, -0.05) is 0 Å². The molecule has 0 atom stereocenters. The van der Waals surface area contributed by atoms with Crippen molar-refractivity contribution >= 4 is 51.5 Å². The summed E-state index contributed by atoms with van der Waals surface area (Å²) in [6.07, 6.45) is 0. The number of ether oxygens (including phenoxy) is 4. The summed E-state index contributed by atoms with van der Waals surface area (Å²) < 4.78 is 21.6. The first kappa shape index (κ1) is 30.4. The number of nitrogens with one attached hydrogen (secondary N) is 2. The van der Waals surface area contributed by atoms with Crippen LogP contribution in [0.2, 0.25) is 0 Å². The number of nitro groups is 4. The van der Waals surface area contributed by atoms with E-state index in [-0.39, 0.29) is 45.6 Å². The number of nitrogens with zero attached hydrogens (tertiary/aromatic N) is 4. The summed E-state index contributed by atoms with van der Waals surface area (Å²) in [5, 5.41) is 53.4. The zero-order valence-electron chi connectivity index (χ0n) is 23.4. The number of benzene rings is 4. The summed E-state index contributed by atoms with van der Waals surface area (Å²) in [5.41, 5.74) is -3.58. The molecule has 1 aliphatic rings. The molecule has 8 bridgehead atoms. The third-order valence-corrected chi connectivity index (χ3v) is 6.45. The summed E-state index contributed by atoms with van der Waals surface area (Å²) >= 11 is 0. The normalized spacial score (nSPS) is 11.4. The molecule has 0 unspecified atom stereocenters. The molecule has 0 amide bonds. The average Bonchev–Trinajstić information content (AvgIpc) is 2.99. The van der Waals surface area contributed by atoms with Crippen LogP contribution in [-0.4, -0.2) is 39.9 Å². The van der Waals surface area contributed by atoms with E-state index >= 15 is 0 Å². The van der Waals surface area contributed by atoms with Crippen LogP contribution < -0.4 is 24.8 Å². The first-order chi connectivity index (χ1) is 21.9. The number of nitro benzene ring substituents is 4. The van der Waals surface area contributed by atoms with Gasteiger partial charge in [0.25, 0.3) is 11.4 Å². The monoisotopic (exact) mass is 634 g/mol. The zero-order valence-corrected chi connectivity index (χ0v) is 23.4. The maximum Gasteiger partial charge on any atom is 0.338 e. The molecule has 4 aromatic rings. The van der Waals surface area contributed by atoms with Gasteiger partial charge in [-0.3, -0.25) is 40.5 Å². The van der Waals surface area contributed by atoms with E-state index in [1.54, 1.807) is 0 Å². The second-order valence-corrected chi connectivity index (χ2v) is 9.26. The summed E-state index contributed by atoms with van der Waals surface area (Å²) in [7, 11) is 2.37. The molecule has 4 aromatic carbocycles. The molecule has 0 spiro atoms. The van der Waals surface area contributed by atoms with Crippen LogP contribution in [-0.2, 0) is 4.74 Å². The van der Waals surface area contributed by atoms with E-state index in [1.165, 1.54) is 25.3 Å². The third-order valence-electron chi connectivity index (χ3n) is 6.45. The predicted octanol–water partition coefficient (Wildman–Crippen LogP) is 6.50. The number of carbonyl (C=O) groups excluding carboxylic acids is 1. The first-order valence-electron chi connectivity index (χ1n) is 12.6.